The van der Waals surface area contributed by atoms with Crippen LogP contribution in [-0.2, 0) is 17.6 Å². The molecule has 6 heterocycles. The normalized spacial score (nSPS) is 21.3. The highest BCUT2D eigenvalue weighted by Crippen LogP contribution is 2.43. The highest BCUT2D eigenvalue weighted by molar-refractivity contribution is 6.02. The molecule has 3 saturated heterocycles. The number of rotatable bonds is 5. The summed E-state index contributed by atoms with van der Waals surface area (Å²) >= 11 is 0. The molecule has 8 rings (SSSR count). The first-order valence-corrected chi connectivity index (χ1v) is 16.0. The molecule has 230 valence electrons. The lowest BCUT2D eigenvalue weighted by atomic mass is 9.94. The van der Waals surface area contributed by atoms with Crippen molar-refractivity contribution >= 4 is 27.5 Å². The average Bonchev–Trinajstić information content (AvgIpc) is 3.46. The molecule has 0 aliphatic carbocycles. The number of benzene rings is 2. The van der Waals surface area contributed by atoms with Gasteiger partial charge in [0, 0.05) is 24.8 Å². The van der Waals surface area contributed by atoms with Crippen molar-refractivity contribution in [1.82, 2.24) is 19.9 Å². The van der Waals surface area contributed by atoms with Crippen LogP contribution in [0, 0.1) is 11.6 Å². The van der Waals surface area contributed by atoms with Gasteiger partial charge in [-0.25, -0.2) is 13.8 Å². The Morgan fingerprint density at radius 3 is 2.68 bits per heavy atom. The van der Waals surface area contributed by atoms with Crippen molar-refractivity contribution in [3.8, 4) is 23.0 Å². The van der Waals surface area contributed by atoms with E-state index in [-0.39, 0.29) is 40.4 Å². The van der Waals surface area contributed by atoms with E-state index in [9.17, 15) is 5.11 Å². The monoisotopic (exact) mass is 601 g/mol. The fourth-order valence-electron chi connectivity index (χ4n) is 8.23. The maximum absolute atomic E-state index is 17.0. The van der Waals surface area contributed by atoms with Crippen molar-refractivity contribution in [2.75, 3.05) is 44.4 Å². The summed E-state index contributed by atoms with van der Waals surface area (Å²) in [4.78, 5) is 19.4. The molecule has 0 spiro atoms. The summed E-state index contributed by atoms with van der Waals surface area (Å²) in [5, 5.41) is 12.5. The first-order chi connectivity index (χ1) is 21.5. The number of fused-ring (bicyclic) bond motifs is 4. The van der Waals surface area contributed by atoms with E-state index in [1.165, 1.54) is 12.1 Å². The fourth-order valence-corrected chi connectivity index (χ4v) is 8.23. The molecule has 2 aromatic heterocycles. The highest BCUT2D eigenvalue weighted by Gasteiger charge is 2.45. The minimum Gasteiger partial charge on any atom is -0.508 e. The maximum Gasteiger partial charge on any atom is 0.319 e. The molecule has 8 nitrogen and oxygen atoms in total. The molecule has 44 heavy (non-hydrogen) atoms. The summed E-state index contributed by atoms with van der Waals surface area (Å²) in [6, 6.07) is 6.39. The summed E-state index contributed by atoms with van der Waals surface area (Å²) in [6.45, 7) is 6.33. The van der Waals surface area contributed by atoms with Crippen molar-refractivity contribution in [1.29, 1.82) is 0 Å². The van der Waals surface area contributed by atoms with Gasteiger partial charge in [0.1, 0.15) is 35.2 Å². The maximum atomic E-state index is 17.0. The molecule has 1 N–H and O–H groups in total. The van der Waals surface area contributed by atoms with Gasteiger partial charge in [-0.2, -0.15) is 9.97 Å². The zero-order valence-corrected chi connectivity index (χ0v) is 25.0. The zero-order valence-electron chi connectivity index (χ0n) is 25.0. The zero-order chi connectivity index (χ0) is 30.0. The van der Waals surface area contributed by atoms with E-state index in [0.29, 0.717) is 78.0 Å². The van der Waals surface area contributed by atoms with Gasteiger partial charge in [-0.3, -0.25) is 4.90 Å². The predicted molar refractivity (Wildman–Crippen MR) is 164 cm³/mol. The van der Waals surface area contributed by atoms with Gasteiger partial charge < -0.3 is 19.5 Å². The number of anilines is 1. The van der Waals surface area contributed by atoms with Crippen molar-refractivity contribution < 1.29 is 23.4 Å². The van der Waals surface area contributed by atoms with Gasteiger partial charge >= 0.3 is 6.01 Å². The molecule has 1 atom stereocenters. The van der Waals surface area contributed by atoms with Crippen LogP contribution in [0.3, 0.4) is 0 Å². The van der Waals surface area contributed by atoms with Gasteiger partial charge in [0.05, 0.1) is 23.2 Å². The minimum absolute atomic E-state index is 0.0143. The molecule has 3 fully saturated rings. The predicted octanol–water partition coefficient (Wildman–Crippen LogP) is 5.94. The van der Waals surface area contributed by atoms with Gasteiger partial charge in [0.15, 0.2) is 5.82 Å². The quantitative estimate of drug-likeness (QED) is 0.301. The van der Waals surface area contributed by atoms with Crippen LogP contribution in [0.15, 0.2) is 24.3 Å². The second-order valence-corrected chi connectivity index (χ2v) is 12.7. The first kappa shape index (κ1) is 27.9. The van der Waals surface area contributed by atoms with Crippen molar-refractivity contribution in [3.63, 3.8) is 0 Å². The average molecular weight is 602 g/mol. The van der Waals surface area contributed by atoms with Crippen LogP contribution in [0.4, 0.5) is 14.6 Å². The molecular weight excluding hydrogens is 564 g/mol. The Morgan fingerprint density at radius 2 is 1.86 bits per heavy atom. The van der Waals surface area contributed by atoms with Gasteiger partial charge in [0.25, 0.3) is 0 Å². The second kappa shape index (κ2) is 10.8. The Morgan fingerprint density at radius 1 is 1.02 bits per heavy atom. The summed E-state index contributed by atoms with van der Waals surface area (Å²) in [7, 11) is 0. The number of aromatic nitrogens is 3. The molecule has 0 radical (unpaired) electrons. The molecule has 0 bridgehead atoms. The number of phenols is 1. The van der Waals surface area contributed by atoms with Crippen molar-refractivity contribution in [2.24, 2.45) is 0 Å². The number of hydrogen-bond acceptors (Lipinski definition) is 8. The first-order valence-electron chi connectivity index (χ1n) is 16.0. The van der Waals surface area contributed by atoms with Crippen LogP contribution in [-0.4, -0.2) is 76.0 Å². The van der Waals surface area contributed by atoms with Crippen LogP contribution in [0.25, 0.3) is 32.9 Å². The Hall–Kier alpha value is -3.63. The minimum atomic E-state index is -0.624. The SMILES string of the molecule is CCc1c(F)ccc2cc(O)cc(-c3nc4c5c(nc(OCC67CCCN6CCC7)nc5c3F)N3CCOCCC3CC4)c12. The number of hydrogen-bond donors (Lipinski definition) is 1. The van der Waals surface area contributed by atoms with Gasteiger partial charge in [-0.15, -0.1) is 0 Å². The third kappa shape index (κ3) is 4.40. The number of pyridine rings is 1. The number of phenolic OH excluding ortho intramolecular Hbond substituents is 1. The summed E-state index contributed by atoms with van der Waals surface area (Å²) in [5.74, 6) is -0.388. The van der Waals surface area contributed by atoms with E-state index in [1.54, 1.807) is 12.1 Å². The Bertz CT molecular complexity index is 1770. The molecule has 4 aromatic rings. The number of ether oxygens (including phenoxy) is 2. The molecule has 2 aromatic carbocycles. The highest BCUT2D eigenvalue weighted by atomic mass is 19.1. The second-order valence-electron chi connectivity index (χ2n) is 12.7. The van der Waals surface area contributed by atoms with Crippen molar-refractivity contribution in [2.45, 2.75) is 69.9 Å². The van der Waals surface area contributed by atoms with Crippen LogP contribution >= 0.6 is 0 Å². The number of aryl methyl sites for hydroxylation is 2. The smallest absolute Gasteiger partial charge is 0.319 e. The van der Waals surface area contributed by atoms with Gasteiger partial charge in [-0.1, -0.05) is 13.0 Å². The van der Waals surface area contributed by atoms with Gasteiger partial charge in [-0.05, 0) is 99.0 Å². The summed E-state index contributed by atoms with van der Waals surface area (Å²) in [5.41, 5.74) is 1.71. The van der Waals surface area contributed by atoms with E-state index in [0.717, 1.165) is 51.6 Å². The number of aromatic hydroxyl groups is 1. The van der Waals surface area contributed by atoms with Crippen LogP contribution in [0.1, 0.15) is 56.7 Å². The third-order valence-corrected chi connectivity index (χ3v) is 10.4. The Kier molecular flexibility index (Phi) is 6.82. The van der Waals surface area contributed by atoms with Crippen LogP contribution in [0.5, 0.6) is 11.8 Å². The van der Waals surface area contributed by atoms with Crippen molar-refractivity contribution in [3.05, 3.63) is 47.2 Å². The van der Waals surface area contributed by atoms with E-state index in [1.807, 2.05) is 6.92 Å². The van der Waals surface area contributed by atoms with Crippen LogP contribution in [0.2, 0.25) is 0 Å². The molecule has 4 aliphatic rings. The molecule has 0 saturated carbocycles. The lowest BCUT2D eigenvalue weighted by Gasteiger charge is -2.32. The molecule has 10 heteroatoms. The third-order valence-electron chi connectivity index (χ3n) is 10.4. The Balaban J connectivity index is 1.34. The Labute approximate surface area is 255 Å². The van der Waals surface area contributed by atoms with E-state index >= 15 is 8.78 Å². The van der Waals surface area contributed by atoms with Crippen LogP contribution < -0.4 is 9.64 Å². The number of nitrogens with zero attached hydrogens (tertiary/aromatic N) is 5. The van der Waals surface area contributed by atoms with Gasteiger partial charge in [0.2, 0.25) is 0 Å². The summed E-state index contributed by atoms with van der Waals surface area (Å²) in [6.07, 6.45) is 7.09. The fraction of sp³-hybridized carbons (Fsp3) is 0.500. The molecule has 0 amide bonds. The lowest BCUT2D eigenvalue weighted by molar-refractivity contribution is 0.108. The molecule has 4 aliphatic heterocycles. The van der Waals surface area contributed by atoms with E-state index in [2.05, 4.69) is 9.80 Å². The lowest BCUT2D eigenvalue weighted by Crippen LogP contribution is -2.43. The topological polar surface area (TPSA) is 83.8 Å². The number of halogens is 2. The largest absolute Gasteiger partial charge is 0.508 e. The van der Waals surface area contributed by atoms with E-state index < -0.39 is 5.82 Å². The summed E-state index contributed by atoms with van der Waals surface area (Å²) < 4.78 is 44.3. The standard InChI is InChI=1S/C34H37F2N5O3/c1-2-23-25(35)7-5-20-17-22(42)18-24(27(20)23)30-29(36)31-28-26(37-30)8-6-21-9-15-43-16-14-41(21)32(28)39-33(38-31)44-19-34-10-3-12-40(34)13-4-11-34/h5,7,17-18,21,42H,2-4,6,8-16,19H2,1H3. The molecular formula is C34H37F2N5O3. The molecule has 1 unspecified atom stereocenters. The van der Waals surface area contributed by atoms with E-state index in [4.69, 9.17) is 24.4 Å².